The van der Waals surface area contributed by atoms with Gasteiger partial charge in [0, 0.05) is 6.07 Å². The maximum atomic E-state index is 12.7. The molecule has 0 aliphatic heterocycles. The average Bonchev–Trinajstić information content (AvgIpc) is 1.98. The number of halogens is 2. The lowest BCUT2D eigenvalue weighted by Gasteiger charge is -1.98. The topological polar surface area (TPSA) is 26.0 Å². The monoisotopic (exact) mass is 156 g/mol. The Bertz CT molecular complexity index is 248. The van der Waals surface area contributed by atoms with Crippen molar-refractivity contribution in [3.05, 3.63) is 35.4 Å². The zero-order valence-corrected chi connectivity index (χ0v) is 5.90. The predicted octanol–water partition coefficient (Wildman–Crippen LogP) is 1.27. The van der Waals surface area contributed by atoms with E-state index in [4.69, 9.17) is 5.73 Å². The number of hydrogen-bond donors (Lipinski definition) is 1. The smallest absolute Gasteiger partial charge is 0.131 e. The highest BCUT2D eigenvalue weighted by Gasteiger charge is 2.02. The molecule has 1 rings (SSSR count). The Morgan fingerprint density at radius 3 is 2.73 bits per heavy atom. The van der Waals surface area contributed by atoms with Gasteiger partial charge in [0.2, 0.25) is 0 Å². The van der Waals surface area contributed by atoms with Crippen molar-refractivity contribution in [3.63, 3.8) is 0 Å². The second-order valence-corrected chi connectivity index (χ2v) is 2.17. The van der Waals surface area contributed by atoms with Gasteiger partial charge in [-0.05, 0) is 30.7 Å². The van der Waals surface area contributed by atoms with Crippen molar-refractivity contribution in [2.45, 2.75) is 6.42 Å². The van der Waals surface area contributed by atoms with Crippen molar-refractivity contribution in [2.75, 3.05) is 6.54 Å². The van der Waals surface area contributed by atoms with Crippen LogP contribution in [-0.4, -0.2) is 6.54 Å². The minimum atomic E-state index is -0.546. The van der Waals surface area contributed by atoms with Crippen molar-refractivity contribution in [3.8, 4) is 0 Å². The van der Waals surface area contributed by atoms with E-state index in [1.165, 1.54) is 0 Å². The number of nitrogens with two attached hydrogens (primary N) is 1. The maximum absolute atomic E-state index is 12.7. The summed E-state index contributed by atoms with van der Waals surface area (Å²) in [5, 5.41) is 0. The van der Waals surface area contributed by atoms with E-state index in [1.807, 2.05) is 0 Å². The summed E-state index contributed by atoms with van der Waals surface area (Å²) in [5.41, 5.74) is 5.39. The van der Waals surface area contributed by atoms with Crippen LogP contribution in [0.4, 0.5) is 8.78 Å². The summed E-state index contributed by atoms with van der Waals surface area (Å²) >= 11 is 0. The lowest BCUT2D eigenvalue weighted by atomic mass is 10.1. The fourth-order valence-corrected chi connectivity index (χ4v) is 0.819. The van der Waals surface area contributed by atoms with Gasteiger partial charge in [0.25, 0.3) is 0 Å². The normalized spacial score (nSPS) is 10.1. The number of rotatable bonds is 2. The Morgan fingerprint density at radius 2 is 2.09 bits per heavy atom. The molecule has 0 bridgehead atoms. The first-order chi connectivity index (χ1) is 5.24. The summed E-state index contributed by atoms with van der Waals surface area (Å²) in [6.45, 7) is 0.302. The molecule has 0 atom stereocenters. The zero-order chi connectivity index (χ0) is 8.27. The predicted molar refractivity (Wildman–Crippen MR) is 38.0 cm³/mol. The first-order valence-electron chi connectivity index (χ1n) is 3.30. The molecule has 2 N–H and O–H groups in total. The van der Waals surface area contributed by atoms with Crippen LogP contribution in [0.5, 0.6) is 0 Å². The van der Waals surface area contributed by atoms with Gasteiger partial charge < -0.3 is 5.73 Å². The summed E-state index contributed by atoms with van der Waals surface area (Å²) in [5.74, 6) is -0.994. The zero-order valence-electron chi connectivity index (χ0n) is 5.90. The van der Waals surface area contributed by atoms with Crippen LogP contribution >= 0.6 is 0 Å². The van der Waals surface area contributed by atoms with Gasteiger partial charge in [-0.2, -0.15) is 0 Å². The van der Waals surface area contributed by atoms with E-state index in [9.17, 15) is 8.78 Å². The van der Waals surface area contributed by atoms with Gasteiger partial charge >= 0.3 is 0 Å². The van der Waals surface area contributed by atoms with Crippen LogP contribution in [0.15, 0.2) is 12.1 Å². The van der Waals surface area contributed by atoms with Gasteiger partial charge in [-0.1, -0.05) is 0 Å². The molecule has 0 aliphatic rings. The SMILES string of the molecule is NCCc1[c]c(F)ccc1F. The fraction of sp³-hybridized carbons (Fsp3) is 0.250. The van der Waals surface area contributed by atoms with Gasteiger partial charge in [0.05, 0.1) is 0 Å². The van der Waals surface area contributed by atoms with E-state index in [0.717, 1.165) is 12.1 Å². The number of benzene rings is 1. The Labute approximate surface area is 63.8 Å². The van der Waals surface area contributed by atoms with E-state index in [1.54, 1.807) is 0 Å². The number of hydrogen-bond acceptors (Lipinski definition) is 1. The second kappa shape index (κ2) is 3.44. The molecule has 0 saturated heterocycles. The average molecular weight is 156 g/mol. The summed E-state index contributed by atoms with van der Waals surface area (Å²) in [6, 6.07) is 4.37. The summed E-state index contributed by atoms with van der Waals surface area (Å²) < 4.78 is 25.1. The highest BCUT2D eigenvalue weighted by molar-refractivity contribution is 5.17. The molecular formula is C8H8F2N. The van der Waals surface area contributed by atoms with E-state index >= 15 is 0 Å². The molecule has 0 heterocycles. The third-order valence-electron chi connectivity index (χ3n) is 1.33. The van der Waals surface area contributed by atoms with Crippen molar-refractivity contribution in [2.24, 2.45) is 5.73 Å². The van der Waals surface area contributed by atoms with Crippen LogP contribution in [0, 0.1) is 17.7 Å². The quantitative estimate of drug-likeness (QED) is 0.685. The third kappa shape index (κ3) is 1.98. The Kier molecular flexibility index (Phi) is 2.54. The molecule has 1 aromatic carbocycles. The minimum Gasteiger partial charge on any atom is -0.330 e. The van der Waals surface area contributed by atoms with E-state index in [2.05, 4.69) is 6.07 Å². The molecule has 1 radical (unpaired) electrons. The molecule has 0 amide bonds. The second-order valence-electron chi connectivity index (χ2n) is 2.17. The molecule has 0 spiro atoms. The molecule has 59 valence electrons. The van der Waals surface area contributed by atoms with E-state index < -0.39 is 11.6 Å². The first-order valence-corrected chi connectivity index (χ1v) is 3.30. The Hall–Kier alpha value is -0.960. The third-order valence-corrected chi connectivity index (χ3v) is 1.33. The Balaban J connectivity index is 2.93. The van der Waals surface area contributed by atoms with Crippen molar-refractivity contribution in [1.82, 2.24) is 0 Å². The van der Waals surface area contributed by atoms with E-state index in [0.29, 0.717) is 13.0 Å². The Morgan fingerprint density at radius 1 is 1.36 bits per heavy atom. The van der Waals surface area contributed by atoms with Crippen LogP contribution in [-0.2, 0) is 6.42 Å². The van der Waals surface area contributed by atoms with Crippen LogP contribution < -0.4 is 5.73 Å². The molecule has 0 saturated carbocycles. The summed E-state index contributed by atoms with van der Waals surface area (Å²) in [4.78, 5) is 0. The van der Waals surface area contributed by atoms with Gasteiger partial charge in [-0.3, -0.25) is 0 Å². The molecular weight excluding hydrogens is 148 g/mol. The highest BCUT2D eigenvalue weighted by atomic mass is 19.1. The van der Waals surface area contributed by atoms with Crippen molar-refractivity contribution < 1.29 is 8.78 Å². The highest BCUT2D eigenvalue weighted by Crippen LogP contribution is 2.08. The molecule has 0 fully saturated rings. The standard InChI is InChI=1S/C8H8F2N/c9-7-1-2-8(10)6(5-7)3-4-11/h1-2H,3-4,11H2. The minimum absolute atomic E-state index is 0.215. The summed E-state index contributed by atoms with van der Waals surface area (Å²) in [6.07, 6.45) is 0.323. The van der Waals surface area contributed by atoms with Gasteiger partial charge in [0.1, 0.15) is 11.6 Å². The molecule has 11 heavy (non-hydrogen) atoms. The largest absolute Gasteiger partial charge is 0.330 e. The van der Waals surface area contributed by atoms with Gasteiger partial charge in [-0.15, -0.1) is 0 Å². The molecule has 1 aromatic rings. The lowest BCUT2D eigenvalue weighted by Crippen LogP contribution is -2.04. The van der Waals surface area contributed by atoms with Gasteiger partial charge in [-0.25, -0.2) is 8.78 Å². The van der Waals surface area contributed by atoms with Gasteiger partial charge in [0.15, 0.2) is 0 Å². The maximum Gasteiger partial charge on any atom is 0.131 e. The summed E-state index contributed by atoms with van der Waals surface area (Å²) in [7, 11) is 0. The van der Waals surface area contributed by atoms with Crippen LogP contribution in [0.1, 0.15) is 5.56 Å². The first kappa shape index (κ1) is 8.14. The molecule has 0 aromatic heterocycles. The van der Waals surface area contributed by atoms with E-state index in [-0.39, 0.29) is 5.56 Å². The molecule has 0 aliphatic carbocycles. The van der Waals surface area contributed by atoms with Crippen LogP contribution in [0.2, 0.25) is 0 Å². The van der Waals surface area contributed by atoms with Crippen molar-refractivity contribution in [1.29, 1.82) is 0 Å². The molecule has 0 unspecified atom stereocenters. The van der Waals surface area contributed by atoms with Crippen LogP contribution in [0.25, 0.3) is 0 Å². The lowest BCUT2D eigenvalue weighted by molar-refractivity contribution is 0.583. The fourth-order valence-electron chi connectivity index (χ4n) is 0.819. The molecule has 3 heteroatoms. The van der Waals surface area contributed by atoms with Crippen molar-refractivity contribution >= 4 is 0 Å². The molecule has 1 nitrogen and oxygen atoms in total. The van der Waals surface area contributed by atoms with Crippen LogP contribution in [0.3, 0.4) is 0 Å².